The van der Waals surface area contributed by atoms with E-state index in [1.165, 1.54) is 12.3 Å². The lowest BCUT2D eigenvalue weighted by atomic mass is 10.2. The zero-order valence-corrected chi connectivity index (χ0v) is 12.5. The highest BCUT2D eigenvalue weighted by Crippen LogP contribution is 2.18. The van der Waals surface area contributed by atoms with E-state index in [0.29, 0.717) is 5.56 Å². The SMILES string of the molecule is Cc1ccnnc1C(=O)NS(=O)(=O)c1ccc(OC(F)F)cc1. The topological polar surface area (TPSA) is 98.3 Å². The molecule has 0 aliphatic heterocycles. The first-order chi connectivity index (χ1) is 10.8. The molecule has 7 nitrogen and oxygen atoms in total. The summed E-state index contributed by atoms with van der Waals surface area (Å²) in [6, 6.07) is 5.69. The van der Waals surface area contributed by atoms with Crippen LogP contribution in [-0.4, -0.2) is 31.1 Å². The number of ether oxygens (including phenoxy) is 1. The Balaban J connectivity index is 2.19. The van der Waals surface area contributed by atoms with Crippen LogP contribution in [0.15, 0.2) is 41.4 Å². The molecular formula is C13H11F2N3O4S. The lowest BCUT2D eigenvalue weighted by Crippen LogP contribution is -2.31. The minimum Gasteiger partial charge on any atom is -0.435 e. The number of amides is 1. The smallest absolute Gasteiger partial charge is 0.387 e. The number of halogens is 2. The number of aryl methyl sites for hydroxylation is 1. The number of alkyl halides is 2. The van der Waals surface area contributed by atoms with Crippen molar-refractivity contribution in [1.29, 1.82) is 0 Å². The molecule has 0 atom stereocenters. The summed E-state index contributed by atoms with van der Waals surface area (Å²) < 4.78 is 54.2. The molecule has 0 unspecified atom stereocenters. The predicted molar refractivity (Wildman–Crippen MR) is 74.5 cm³/mol. The van der Waals surface area contributed by atoms with Crippen LogP contribution in [0.2, 0.25) is 0 Å². The first-order valence-electron chi connectivity index (χ1n) is 6.20. The van der Waals surface area contributed by atoms with Crippen LogP contribution >= 0.6 is 0 Å². The van der Waals surface area contributed by atoms with Crippen molar-refractivity contribution in [2.45, 2.75) is 18.4 Å². The maximum absolute atomic E-state index is 12.1. The largest absolute Gasteiger partial charge is 0.435 e. The van der Waals surface area contributed by atoms with Gasteiger partial charge < -0.3 is 4.74 Å². The number of benzene rings is 1. The molecule has 0 aliphatic rings. The van der Waals surface area contributed by atoms with Crippen molar-refractivity contribution in [1.82, 2.24) is 14.9 Å². The number of aromatic nitrogens is 2. The van der Waals surface area contributed by atoms with Crippen LogP contribution in [0, 0.1) is 6.92 Å². The Hall–Kier alpha value is -2.62. The molecule has 1 aromatic carbocycles. The highest BCUT2D eigenvalue weighted by atomic mass is 32.2. The Morgan fingerprint density at radius 2 is 1.87 bits per heavy atom. The van der Waals surface area contributed by atoms with Gasteiger partial charge in [0.25, 0.3) is 15.9 Å². The molecular weight excluding hydrogens is 332 g/mol. The normalized spacial score (nSPS) is 11.3. The first kappa shape index (κ1) is 16.7. The Kier molecular flexibility index (Phi) is 4.84. The molecule has 1 heterocycles. The van der Waals surface area contributed by atoms with Gasteiger partial charge in [-0.2, -0.15) is 13.9 Å². The third kappa shape index (κ3) is 4.19. The number of hydrogen-bond donors (Lipinski definition) is 1. The summed E-state index contributed by atoms with van der Waals surface area (Å²) in [5.41, 5.74) is 0.321. The molecule has 0 spiro atoms. The minimum absolute atomic E-state index is 0.131. The fourth-order valence-electron chi connectivity index (χ4n) is 1.65. The second kappa shape index (κ2) is 6.65. The van der Waals surface area contributed by atoms with Crippen molar-refractivity contribution in [2.75, 3.05) is 0 Å². The van der Waals surface area contributed by atoms with E-state index in [9.17, 15) is 22.0 Å². The molecule has 0 saturated carbocycles. The van der Waals surface area contributed by atoms with Crippen molar-refractivity contribution in [2.24, 2.45) is 0 Å². The van der Waals surface area contributed by atoms with Gasteiger partial charge in [-0.15, -0.1) is 5.10 Å². The first-order valence-corrected chi connectivity index (χ1v) is 7.68. The lowest BCUT2D eigenvalue weighted by molar-refractivity contribution is -0.0498. The number of sulfonamides is 1. The number of nitrogens with one attached hydrogen (secondary N) is 1. The number of rotatable bonds is 5. The van der Waals surface area contributed by atoms with Crippen LogP contribution < -0.4 is 9.46 Å². The summed E-state index contributed by atoms with van der Waals surface area (Å²) in [6.45, 7) is -1.44. The van der Waals surface area contributed by atoms with E-state index < -0.39 is 22.5 Å². The molecule has 122 valence electrons. The average Bonchev–Trinajstić information content (AvgIpc) is 2.47. The molecule has 0 aliphatic carbocycles. The number of carbonyl (C=O) groups is 1. The van der Waals surface area contributed by atoms with Crippen LogP contribution in [0.5, 0.6) is 5.75 Å². The fourth-order valence-corrected chi connectivity index (χ4v) is 2.60. The zero-order chi connectivity index (χ0) is 17.0. The highest BCUT2D eigenvalue weighted by Gasteiger charge is 2.21. The van der Waals surface area contributed by atoms with Gasteiger partial charge in [0, 0.05) is 6.20 Å². The van der Waals surface area contributed by atoms with E-state index in [0.717, 1.165) is 24.3 Å². The summed E-state index contributed by atoms with van der Waals surface area (Å²) in [4.78, 5) is 11.7. The van der Waals surface area contributed by atoms with Crippen molar-refractivity contribution in [3.8, 4) is 5.75 Å². The van der Waals surface area contributed by atoms with Crippen molar-refractivity contribution < 1.29 is 26.7 Å². The van der Waals surface area contributed by atoms with Gasteiger partial charge in [0.1, 0.15) is 5.75 Å². The summed E-state index contributed by atoms with van der Waals surface area (Å²) in [7, 11) is -4.18. The number of nitrogens with zero attached hydrogens (tertiary/aromatic N) is 2. The molecule has 0 radical (unpaired) electrons. The third-order valence-electron chi connectivity index (χ3n) is 2.72. The van der Waals surface area contributed by atoms with Crippen LogP contribution in [0.1, 0.15) is 16.1 Å². The molecule has 0 saturated heterocycles. The fraction of sp³-hybridized carbons (Fsp3) is 0.154. The van der Waals surface area contributed by atoms with Gasteiger partial charge in [-0.25, -0.2) is 13.1 Å². The second-order valence-corrected chi connectivity index (χ2v) is 6.03. The number of carbonyl (C=O) groups excluding carboxylic acids is 1. The van der Waals surface area contributed by atoms with Crippen molar-refractivity contribution >= 4 is 15.9 Å². The number of hydrogen-bond acceptors (Lipinski definition) is 6. The minimum atomic E-state index is -4.18. The standard InChI is InChI=1S/C13H11F2N3O4S/c1-8-6-7-16-17-11(8)12(19)18-23(20,21)10-4-2-9(3-5-10)22-13(14)15/h2-7,13H,1H3,(H,18,19). The van der Waals surface area contributed by atoms with E-state index in [1.807, 2.05) is 4.72 Å². The Labute approximate surface area is 130 Å². The summed E-state index contributed by atoms with van der Waals surface area (Å²) in [6.07, 6.45) is 1.36. The molecule has 1 amide bonds. The Bertz CT molecular complexity index is 810. The van der Waals surface area contributed by atoms with Crippen molar-refractivity contribution in [3.05, 3.63) is 47.8 Å². The van der Waals surface area contributed by atoms with Gasteiger partial charge in [0.2, 0.25) is 0 Å². The molecule has 23 heavy (non-hydrogen) atoms. The molecule has 1 N–H and O–H groups in total. The Morgan fingerprint density at radius 3 is 2.43 bits per heavy atom. The van der Waals surface area contributed by atoms with Gasteiger partial charge in [-0.05, 0) is 42.8 Å². The van der Waals surface area contributed by atoms with Crippen LogP contribution in [0.3, 0.4) is 0 Å². The van der Waals surface area contributed by atoms with E-state index in [4.69, 9.17) is 0 Å². The maximum atomic E-state index is 12.1. The van der Waals surface area contributed by atoms with Gasteiger partial charge in [0.05, 0.1) is 4.90 Å². The lowest BCUT2D eigenvalue weighted by Gasteiger charge is -2.08. The summed E-state index contributed by atoms with van der Waals surface area (Å²) in [5, 5.41) is 7.09. The predicted octanol–water partition coefficient (Wildman–Crippen LogP) is 1.51. The van der Waals surface area contributed by atoms with E-state index in [2.05, 4.69) is 14.9 Å². The van der Waals surface area contributed by atoms with Gasteiger partial charge in [-0.1, -0.05) is 0 Å². The second-order valence-electron chi connectivity index (χ2n) is 4.35. The highest BCUT2D eigenvalue weighted by molar-refractivity contribution is 7.90. The summed E-state index contributed by atoms with van der Waals surface area (Å²) >= 11 is 0. The summed E-state index contributed by atoms with van der Waals surface area (Å²) in [5.74, 6) is -1.14. The quantitative estimate of drug-likeness (QED) is 0.883. The van der Waals surface area contributed by atoms with Crippen LogP contribution in [-0.2, 0) is 10.0 Å². The van der Waals surface area contributed by atoms with Crippen LogP contribution in [0.25, 0.3) is 0 Å². The van der Waals surface area contributed by atoms with E-state index in [-0.39, 0.29) is 16.3 Å². The molecule has 10 heteroatoms. The monoisotopic (exact) mass is 343 g/mol. The van der Waals surface area contributed by atoms with Crippen LogP contribution in [0.4, 0.5) is 8.78 Å². The average molecular weight is 343 g/mol. The van der Waals surface area contributed by atoms with E-state index >= 15 is 0 Å². The van der Waals surface area contributed by atoms with Gasteiger partial charge in [0.15, 0.2) is 5.69 Å². The third-order valence-corrected chi connectivity index (χ3v) is 4.07. The maximum Gasteiger partial charge on any atom is 0.387 e. The Morgan fingerprint density at radius 1 is 1.22 bits per heavy atom. The molecule has 2 aromatic rings. The van der Waals surface area contributed by atoms with E-state index in [1.54, 1.807) is 6.92 Å². The molecule has 0 bridgehead atoms. The van der Waals surface area contributed by atoms with Crippen molar-refractivity contribution in [3.63, 3.8) is 0 Å². The zero-order valence-electron chi connectivity index (χ0n) is 11.7. The molecule has 0 fully saturated rings. The molecule has 2 rings (SSSR count). The van der Waals surface area contributed by atoms with Gasteiger partial charge >= 0.3 is 6.61 Å². The van der Waals surface area contributed by atoms with Gasteiger partial charge in [-0.3, -0.25) is 4.79 Å². The molecule has 1 aromatic heterocycles.